The summed E-state index contributed by atoms with van der Waals surface area (Å²) in [5.41, 5.74) is 1.32. The van der Waals surface area contributed by atoms with Gasteiger partial charge in [-0.25, -0.2) is 9.18 Å². The molecule has 2 aromatic carbocycles. The van der Waals surface area contributed by atoms with E-state index in [1.807, 2.05) is 35.7 Å². The van der Waals surface area contributed by atoms with Gasteiger partial charge in [-0.3, -0.25) is 4.79 Å². The van der Waals surface area contributed by atoms with Gasteiger partial charge in [0, 0.05) is 37.4 Å². The molecule has 0 atom stereocenters. The maximum Gasteiger partial charge on any atom is 0.322 e. The van der Waals surface area contributed by atoms with Crippen molar-refractivity contribution < 1.29 is 28.2 Å². The van der Waals surface area contributed by atoms with Crippen molar-refractivity contribution in [2.45, 2.75) is 19.4 Å². The van der Waals surface area contributed by atoms with E-state index in [1.54, 1.807) is 37.6 Å². The van der Waals surface area contributed by atoms with Gasteiger partial charge >= 0.3 is 6.03 Å². The van der Waals surface area contributed by atoms with Gasteiger partial charge in [-0.05, 0) is 60.2 Å². The third-order valence-corrected chi connectivity index (χ3v) is 7.11. The summed E-state index contributed by atoms with van der Waals surface area (Å²) in [7, 11) is 4.74. The van der Waals surface area contributed by atoms with Gasteiger partial charge in [0.15, 0.2) is 11.5 Å². The minimum absolute atomic E-state index is 0.105. The predicted octanol–water partition coefficient (Wildman–Crippen LogP) is 5.70. The first-order chi connectivity index (χ1) is 18.8. The highest BCUT2D eigenvalue weighted by atomic mass is 35.5. The lowest BCUT2D eigenvalue weighted by Crippen LogP contribution is -2.45. The van der Waals surface area contributed by atoms with Crippen molar-refractivity contribution in [3.8, 4) is 11.5 Å². The number of rotatable bonds is 14. The molecule has 3 aromatic rings. The Labute approximate surface area is 237 Å². The summed E-state index contributed by atoms with van der Waals surface area (Å²) >= 11 is 7.43. The van der Waals surface area contributed by atoms with Crippen molar-refractivity contribution in [2.75, 3.05) is 52.9 Å². The zero-order chi connectivity index (χ0) is 28.2. The summed E-state index contributed by atoms with van der Waals surface area (Å²) in [5, 5.41) is 4.57. The fourth-order valence-corrected chi connectivity index (χ4v) is 4.77. The molecule has 1 N–H and O–H groups in total. The van der Waals surface area contributed by atoms with Gasteiger partial charge in [-0.1, -0.05) is 23.7 Å². The van der Waals surface area contributed by atoms with Crippen LogP contribution in [-0.2, 0) is 22.5 Å². The van der Waals surface area contributed by atoms with Crippen molar-refractivity contribution in [1.29, 1.82) is 0 Å². The molecule has 0 bridgehead atoms. The van der Waals surface area contributed by atoms with E-state index >= 15 is 0 Å². The summed E-state index contributed by atoms with van der Waals surface area (Å²) in [5.74, 6) is 0.468. The number of hydrogen-bond donors (Lipinski definition) is 1. The van der Waals surface area contributed by atoms with Gasteiger partial charge in [0.1, 0.15) is 12.4 Å². The van der Waals surface area contributed by atoms with Crippen molar-refractivity contribution in [3.63, 3.8) is 0 Å². The van der Waals surface area contributed by atoms with Crippen molar-refractivity contribution in [1.82, 2.24) is 9.80 Å². The fourth-order valence-electron chi connectivity index (χ4n) is 3.87. The molecule has 0 spiro atoms. The van der Waals surface area contributed by atoms with E-state index in [4.69, 9.17) is 25.8 Å². The van der Waals surface area contributed by atoms with Crippen LogP contribution in [-0.4, -0.2) is 69.3 Å². The monoisotopic (exact) mass is 577 g/mol. The highest BCUT2D eigenvalue weighted by molar-refractivity contribution is 7.09. The quantitative estimate of drug-likeness (QED) is 0.249. The van der Waals surface area contributed by atoms with Crippen molar-refractivity contribution >= 4 is 40.6 Å². The molecule has 0 aliphatic carbocycles. The summed E-state index contributed by atoms with van der Waals surface area (Å²) in [4.78, 5) is 30.9. The van der Waals surface area contributed by atoms with Crippen LogP contribution in [0.1, 0.15) is 16.9 Å². The molecule has 1 aromatic heterocycles. The third-order valence-electron chi connectivity index (χ3n) is 5.96. The average molecular weight is 578 g/mol. The Morgan fingerprint density at radius 2 is 1.79 bits per heavy atom. The maximum absolute atomic E-state index is 13.6. The summed E-state index contributed by atoms with van der Waals surface area (Å²) in [6.07, 6.45) is 1.12. The smallest absolute Gasteiger partial charge is 0.322 e. The Kier molecular flexibility index (Phi) is 11.9. The Hall–Kier alpha value is -3.34. The van der Waals surface area contributed by atoms with E-state index in [9.17, 15) is 14.0 Å². The molecular weight excluding hydrogens is 545 g/mol. The molecule has 0 fully saturated rings. The van der Waals surface area contributed by atoms with Crippen LogP contribution in [0.4, 0.5) is 14.9 Å². The second-order valence-corrected chi connectivity index (χ2v) is 10.1. The van der Waals surface area contributed by atoms with Gasteiger partial charge in [0.2, 0.25) is 5.91 Å². The van der Waals surface area contributed by atoms with Gasteiger partial charge in [0.25, 0.3) is 0 Å². The molecular formula is C28H33ClFN3O5S. The normalized spacial score (nSPS) is 10.7. The molecule has 0 saturated carbocycles. The molecule has 0 saturated heterocycles. The molecule has 0 aliphatic heterocycles. The van der Waals surface area contributed by atoms with E-state index in [0.717, 1.165) is 10.4 Å². The highest BCUT2D eigenvalue weighted by Gasteiger charge is 2.22. The minimum Gasteiger partial charge on any atom is -0.493 e. The molecule has 210 valence electrons. The second kappa shape index (κ2) is 15.3. The Morgan fingerprint density at radius 1 is 1.00 bits per heavy atom. The maximum atomic E-state index is 13.6. The Morgan fingerprint density at radius 3 is 2.46 bits per heavy atom. The van der Waals surface area contributed by atoms with Crippen LogP contribution < -0.4 is 14.8 Å². The number of halogens is 2. The fraction of sp³-hybridized carbons (Fsp3) is 0.357. The van der Waals surface area contributed by atoms with Crippen LogP contribution in [0.15, 0.2) is 53.9 Å². The number of anilines is 1. The van der Waals surface area contributed by atoms with Crippen molar-refractivity contribution in [2.24, 2.45) is 0 Å². The van der Waals surface area contributed by atoms with Gasteiger partial charge in [-0.15, -0.1) is 11.3 Å². The first-order valence-corrected chi connectivity index (χ1v) is 13.6. The van der Waals surface area contributed by atoms with Crippen LogP contribution in [0, 0.1) is 5.82 Å². The average Bonchev–Trinajstić information content (AvgIpc) is 3.45. The third kappa shape index (κ3) is 9.12. The second-order valence-electron chi connectivity index (χ2n) is 8.66. The van der Waals surface area contributed by atoms with Crippen LogP contribution in [0.5, 0.6) is 11.5 Å². The number of thiophene rings is 1. The number of urea groups is 1. The molecule has 11 heteroatoms. The predicted molar refractivity (Wildman–Crippen MR) is 151 cm³/mol. The van der Waals surface area contributed by atoms with Crippen LogP contribution in [0.2, 0.25) is 5.02 Å². The zero-order valence-electron chi connectivity index (χ0n) is 22.2. The first kappa shape index (κ1) is 30.2. The molecule has 8 nitrogen and oxygen atoms in total. The van der Waals surface area contributed by atoms with Crippen LogP contribution in [0.3, 0.4) is 0 Å². The Bertz CT molecular complexity index is 1230. The van der Waals surface area contributed by atoms with Crippen LogP contribution in [0.25, 0.3) is 0 Å². The van der Waals surface area contributed by atoms with E-state index in [2.05, 4.69) is 5.32 Å². The minimum atomic E-state index is -0.583. The standard InChI is InChI=1S/C28H33ClFN3O5S/c1-36-14-5-12-33(28(35)31-21-8-9-24(30)23(29)17-21)19-27(34)32(18-22-6-4-15-39-22)13-11-20-7-10-25(37-2)26(16-20)38-3/h4,6-10,15-17H,5,11-14,18-19H2,1-3H3,(H,31,35). The highest BCUT2D eigenvalue weighted by Crippen LogP contribution is 2.28. The van der Waals surface area contributed by atoms with Crippen molar-refractivity contribution in [3.05, 3.63) is 75.2 Å². The number of nitrogens with zero attached hydrogens (tertiary/aromatic N) is 2. The van der Waals surface area contributed by atoms with Gasteiger partial charge < -0.3 is 29.3 Å². The largest absolute Gasteiger partial charge is 0.493 e. The molecule has 39 heavy (non-hydrogen) atoms. The first-order valence-electron chi connectivity index (χ1n) is 12.4. The summed E-state index contributed by atoms with van der Waals surface area (Å²) in [6, 6.07) is 13.0. The van der Waals surface area contributed by atoms with E-state index in [1.165, 1.54) is 23.1 Å². The van der Waals surface area contributed by atoms with Crippen LogP contribution >= 0.6 is 22.9 Å². The Balaban J connectivity index is 1.74. The summed E-state index contributed by atoms with van der Waals surface area (Å²) < 4.78 is 29.4. The van der Waals surface area contributed by atoms with E-state index in [0.29, 0.717) is 56.3 Å². The van der Waals surface area contributed by atoms with E-state index in [-0.39, 0.29) is 17.5 Å². The molecule has 0 aliphatic rings. The number of carbonyl (C=O) groups is 2. The number of methoxy groups -OCH3 is 3. The van der Waals surface area contributed by atoms with Gasteiger partial charge in [0.05, 0.1) is 25.8 Å². The van der Waals surface area contributed by atoms with E-state index < -0.39 is 11.8 Å². The lowest BCUT2D eigenvalue weighted by atomic mass is 10.1. The number of hydrogen-bond acceptors (Lipinski definition) is 6. The number of ether oxygens (including phenoxy) is 3. The number of amides is 3. The number of benzene rings is 2. The number of carbonyl (C=O) groups excluding carboxylic acids is 2. The zero-order valence-corrected chi connectivity index (χ0v) is 23.8. The SMILES string of the molecule is COCCCN(CC(=O)N(CCc1ccc(OC)c(OC)c1)Cc1cccs1)C(=O)Nc1ccc(F)c(Cl)c1. The lowest BCUT2D eigenvalue weighted by molar-refractivity contribution is -0.132. The molecule has 1 heterocycles. The number of nitrogens with one attached hydrogen (secondary N) is 1. The molecule has 3 amide bonds. The molecule has 0 unspecified atom stereocenters. The summed E-state index contributed by atoms with van der Waals surface area (Å²) in [6.45, 7) is 1.45. The molecule has 0 radical (unpaired) electrons. The lowest BCUT2D eigenvalue weighted by Gasteiger charge is -2.28. The topological polar surface area (TPSA) is 80.3 Å². The molecule has 3 rings (SSSR count). The van der Waals surface area contributed by atoms with Gasteiger partial charge in [-0.2, -0.15) is 0 Å².